The number of hydrogen-bond acceptors (Lipinski definition) is 3. The molecule has 0 spiro atoms. The Kier molecular flexibility index (Phi) is 3.26. The maximum atomic E-state index is 13.3. The summed E-state index contributed by atoms with van der Waals surface area (Å²) in [4.78, 5) is 0.598. The summed E-state index contributed by atoms with van der Waals surface area (Å²) in [6, 6.07) is 4.04. The molecule has 2 bridgehead atoms. The van der Waals surface area contributed by atoms with Crippen LogP contribution in [0.15, 0.2) is 17.0 Å². The third kappa shape index (κ3) is 1.78. The Morgan fingerprint density at radius 3 is 2.55 bits per heavy atom. The predicted octanol–water partition coefficient (Wildman–Crippen LogP) is 3.41. The fourth-order valence-corrected chi connectivity index (χ4v) is 10.8. The number of ether oxygens (including phenoxy) is 1. The van der Waals surface area contributed by atoms with Gasteiger partial charge in [0.05, 0.1) is 22.4 Å². The van der Waals surface area contributed by atoms with E-state index in [9.17, 15) is 8.42 Å². The van der Waals surface area contributed by atoms with E-state index in [1.165, 1.54) is 12.8 Å². The Morgan fingerprint density at radius 1 is 1.05 bits per heavy atom. The maximum Gasteiger partial charge on any atom is 0.185 e. The van der Waals surface area contributed by atoms with E-state index in [0.29, 0.717) is 16.7 Å². The Labute approximate surface area is 157 Å². The van der Waals surface area contributed by atoms with Crippen LogP contribution in [0.25, 0.3) is 0 Å². The molecule has 0 aromatic heterocycles. The Morgan fingerprint density at radius 2 is 1.77 bits per heavy atom. The Bertz CT molecular complexity index is 776. The zero-order valence-electron chi connectivity index (χ0n) is 11.8. The van der Waals surface area contributed by atoms with Crippen LogP contribution >= 0.6 is 45.2 Å². The van der Waals surface area contributed by atoms with E-state index in [-0.39, 0.29) is 23.4 Å². The highest BCUT2D eigenvalue weighted by Gasteiger charge is 2.65. The minimum atomic E-state index is -3.27. The zero-order valence-corrected chi connectivity index (χ0v) is 17.0. The fourth-order valence-electron chi connectivity index (χ4n) is 5.50. The van der Waals surface area contributed by atoms with Crippen LogP contribution < -0.4 is 0 Å². The number of hydrogen-bond donors (Lipinski definition) is 0. The van der Waals surface area contributed by atoms with Gasteiger partial charge in [-0.05, 0) is 94.0 Å². The summed E-state index contributed by atoms with van der Waals surface area (Å²) in [5.41, 5.74) is 1.02. The summed E-state index contributed by atoms with van der Waals surface area (Å²) < 4.78 is 34.9. The van der Waals surface area contributed by atoms with Gasteiger partial charge in [0, 0.05) is 13.1 Å². The van der Waals surface area contributed by atoms with Crippen molar-refractivity contribution in [2.24, 2.45) is 17.8 Å². The molecule has 0 N–H and O–H groups in total. The van der Waals surface area contributed by atoms with Gasteiger partial charge in [-0.2, -0.15) is 0 Å². The van der Waals surface area contributed by atoms with Crippen molar-refractivity contribution in [1.29, 1.82) is 0 Å². The van der Waals surface area contributed by atoms with Gasteiger partial charge in [-0.1, -0.05) is 6.42 Å². The number of sulfone groups is 1. The molecule has 3 fully saturated rings. The molecule has 3 heterocycles. The van der Waals surface area contributed by atoms with Crippen LogP contribution in [0, 0.1) is 24.9 Å². The highest BCUT2D eigenvalue weighted by molar-refractivity contribution is 14.1. The second kappa shape index (κ2) is 4.82. The molecule has 6 atom stereocenters. The fraction of sp³-hybridized carbons (Fsp3) is 0.625. The molecule has 3 aliphatic heterocycles. The largest absolute Gasteiger partial charge is 0.373 e. The molecular weight excluding hydrogens is 526 g/mol. The lowest BCUT2D eigenvalue weighted by molar-refractivity contribution is 0.0695. The first kappa shape index (κ1) is 14.9. The van der Waals surface area contributed by atoms with E-state index in [1.54, 1.807) is 0 Å². The number of rotatable bonds is 0. The first-order chi connectivity index (χ1) is 10.5. The van der Waals surface area contributed by atoms with E-state index in [0.717, 1.165) is 25.5 Å². The molecule has 22 heavy (non-hydrogen) atoms. The van der Waals surface area contributed by atoms with Gasteiger partial charge in [-0.3, -0.25) is 0 Å². The number of fused-ring (bicyclic) bond motifs is 9. The van der Waals surface area contributed by atoms with E-state index in [1.807, 2.05) is 6.07 Å². The molecule has 4 aliphatic rings. The second-order valence-corrected chi connectivity index (χ2v) is 11.5. The summed E-state index contributed by atoms with van der Waals surface area (Å²) >= 11 is 4.47. The minimum absolute atomic E-state index is 0.0456. The van der Waals surface area contributed by atoms with Gasteiger partial charge in [0.15, 0.2) is 9.84 Å². The second-order valence-electron chi connectivity index (χ2n) is 7.08. The van der Waals surface area contributed by atoms with Crippen LogP contribution in [0.2, 0.25) is 0 Å². The van der Waals surface area contributed by atoms with Gasteiger partial charge in [0.1, 0.15) is 0 Å². The summed E-state index contributed by atoms with van der Waals surface area (Å²) in [6.07, 6.45) is 4.63. The van der Waals surface area contributed by atoms with Crippen LogP contribution in [0.3, 0.4) is 0 Å². The molecule has 1 aromatic rings. The van der Waals surface area contributed by atoms with Gasteiger partial charge in [0.2, 0.25) is 0 Å². The van der Waals surface area contributed by atoms with Crippen LogP contribution in [-0.4, -0.2) is 25.9 Å². The van der Waals surface area contributed by atoms with Crippen molar-refractivity contribution in [1.82, 2.24) is 0 Å². The summed E-state index contributed by atoms with van der Waals surface area (Å²) in [6.45, 7) is 0. The summed E-state index contributed by atoms with van der Waals surface area (Å²) in [5, 5.41) is -0.294. The minimum Gasteiger partial charge on any atom is -0.373 e. The first-order valence-electron chi connectivity index (χ1n) is 7.86. The quantitative estimate of drug-likeness (QED) is 0.473. The van der Waals surface area contributed by atoms with Gasteiger partial charge in [0.25, 0.3) is 0 Å². The standard InChI is InChI=1S/C16H16I2O3S/c17-8-4-7-5-11-13-9-2-1-3-10(9)14(21-13)16(11)22(19,20)15(7)12(18)6-8/h4,6,9-11,13-14,16H,1-3,5H2. The van der Waals surface area contributed by atoms with Crippen LogP contribution in [0.4, 0.5) is 0 Å². The van der Waals surface area contributed by atoms with E-state index < -0.39 is 9.84 Å². The molecule has 118 valence electrons. The van der Waals surface area contributed by atoms with Gasteiger partial charge in [-0.25, -0.2) is 8.42 Å². The molecule has 5 rings (SSSR count). The molecule has 0 amide bonds. The van der Waals surface area contributed by atoms with Crippen molar-refractivity contribution in [3.8, 4) is 0 Å². The van der Waals surface area contributed by atoms with Crippen molar-refractivity contribution < 1.29 is 13.2 Å². The van der Waals surface area contributed by atoms with Gasteiger partial charge in [-0.15, -0.1) is 0 Å². The zero-order chi connectivity index (χ0) is 15.2. The Hall–Kier alpha value is 0.590. The molecule has 1 aromatic carbocycles. The molecule has 6 unspecified atom stereocenters. The third-order valence-corrected chi connectivity index (χ3v) is 10.4. The van der Waals surface area contributed by atoms with Crippen molar-refractivity contribution in [3.63, 3.8) is 0 Å². The van der Waals surface area contributed by atoms with Gasteiger partial charge >= 0.3 is 0 Å². The van der Waals surface area contributed by atoms with Crippen molar-refractivity contribution in [2.75, 3.05) is 0 Å². The molecule has 1 saturated carbocycles. The van der Waals surface area contributed by atoms with E-state index >= 15 is 0 Å². The normalized spacial score (nSPS) is 43.7. The van der Waals surface area contributed by atoms with Crippen LogP contribution in [0.5, 0.6) is 0 Å². The van der Waals surface area contributed by atoms with Crippen molar-refractivity contribution in [3.05, 3.63) is 24.8 Å². The average molecular weight is 542 g/mol. The maximum absolute atomic E-state index is 13.3. The lowest BCUT2D eigenvalue weighted by Gasteiger charge is -2.38. The molecule has 1 aliphatic carbocycles. The highest BCUT2D eigenvalue weighted by Crippen LogP contribution is 2.58. The average Bonchev–Trinajstić information content (AvgIpc) is 3.06. The molecule has 3 nitrogen and oxygen atoms in total. The van der Waals surface area contributed by atoms with Crippen molar-refractivity contribution >= 4 is 55.0 Å². The lowest BCUT2D eigenvalue weighted by atomic mass is 9.73. The van der Waals surface area contributed by atoms with Crippen molar-refractivity contribution in [2.45, 2.75) is 48.0 Å². The smallest absolute Gasteiger partial charge is 0.185 e. The number of benzene rings is 1. The third-order valence-electron chi connectivity index (χ3n) is 6.13. The monoisotopic (exact) mass is 542 g/mol. The SMILES string of the molecule is O=S1(=O)c2c(I)cc(I)cc2CC2C3OC(C4CCCC43)C21. The first-order valence-corrected chi connectivity index (χ1v) is 11.6. The predicted molar refractivity (Wildman–Crippen MR) is 99.5 cm³/mol. The van der Waals surface area contributed by atoms with Gasteiger partial charge < -0.3 is 4.74 Å². The van der Waals surface area contributed by atoms with Crippen LogP contribution in [0.1, 0.15) is 24.8 Å². The molecule has 0 radical (unpaired) electrons. The topological polar surface area (TPSA) is 43.4 Å². The molecule has 6 heteroatoms. The summed E-state index contributed by atoms with van der Waals surface area (Å²) in [7, 11) is -3.27. The highest BCUT2D eigenvalue weighted by atomic mass is 127. The lowest BCUT2D eigenvalue weighted by Crippen LogP contribution is -2.49. The molecule has 2 saturated heterocycles. The summed E-state index contributed by atoms with van der Waals surface area (Å²) in [5.74, 6) is 1.28. The molecular formula is C16H16I2O3S. The van der Waals surface area contributed by atoms with E-state index in [4.69, 9.17) is 4.74 Å². The Balaban J connectivity index is 1.69. The van der Waals surface area contributed by atoms with E-state index in [2.05, 4.69) is 51.2 Å². The van der Waals surface area contributed by atoms with Crippen LogP contribution in [-0.2, 0) is 21.0 Å². The number of halogens is 2.